The number of aliphatic hydroxyl groups is 1. The second-order valence-corrected chi connectivity index (χ2v) is 8.25. The lowest BCUT2D eigenvalue weighted by atomic mass is 9.95. The zero-order chi connectivity index (χ0) is 20.9. The van der Waals surface area contributed by atoms with Crippen molar-refractivity contribution >= 4 is 32.4 Å². The SMILES string of the molecule is COc1ccc(NC(CC(O)c2ccc3ccccc3c2)c2ccc(Br)cc2)cc1. The van der Waals surface area contributed by atoms with Gasteiger partial charge in [-0.2, -0.15) is 0 Å². The molecule has 30 heavy (non-hydrogen) atoms. The second-order valence-electron chi connectivity index (χ2n) is 7.34. The van der Waals surface area contributed by atoms with Crippen LogP contribution in [0.2, 0.25) is 0 Å². The number of rotatable bonds is 7. The van der Waals surface area contributed by atoms with Crippen LogP contribution in [0.25, 0.3) is 10.8 Å². The predicted molar refractivity (Wildman–Crippen MR) is 127 cm³/mol. The maximum atomic E-state index is 11.1. The third-order valence-electron chi connectivity index (χ3n) is 5.32. The van der Waals surface area contributed by atoms with E-state index in [0.717, 1.165) is 32.4 Å². The topological polar surface area (TPSA) is 41.5 Å². The minimum Gasteiger partial charge on any atom is -0.497 e. The molecule has 0 fully saturated rings. The highest BCUT2D eigenvalue weighted by Crippen LogP contribution is 2.32. The molecule has 2 N–H and O–H groups in total. The van der Waals surface area contributed by atoms with Crippen molar-refractivity contribution in [3.63, 3.8) is 0 Å². The number of fused-ring (bicyclic) bond motifs is 1. The Morgan fingerprint density at radius 3 is 2.20 bits per heavy atom. The molecule has 4 heteroatoms. The van der Waals surface area contributed by atoms with E-state index in [1.165, 1.54) is 5.39 Å². The van der Waals surface area contributed by atoms with Gasteiger partial charge in [-0.3, -0.25) is 0 Å². The Kier molecular flexibility index (Phi) is 6.36. The van der Waals surface area contributed by atoms with Gasteiger partial charge in [0, 0.05) is 16.6 Å². The molecule has 0 aliphatic carbocycles. The van der Waals surface area contributed by atoms with Crippen molar-refractivity contribution < 1.29 is 9.84 Å². The fourth-order valence-corrected chi connectivity index (χ4v) is 3.90. The second kappa shape index (κ2) is 9.33. The largest absolute Gasteiger partial charge is 0.497 e. The van der Waals surface area contributed by atoms with Crippen LogP contribution in [0.15, 0.2) is 95.5 Å². The van der Waals surface area contributed by atoms with Crippen molar-refractivity contribution in [3.8, 4) is 5.75 Å². The van der Waals surface area contributed by atoms with Gasteiger partial charge < -0.3 is 15.2 Å². The van der Waals surface area contributed by atoms with Crippen LogP contribution in [0.3, 0.4) is 0 Å². The average molecular weight is 462 g/mol. The number of benzene rings is 4. The van der Waals surface area contributed by atoms with Crippen molar-refractivity contribution in [2.45, 2.75) is 18.6 Å². The fourth-order valence-electron chi connectivity index (χ4n) is 3.64. The summed E-state index contributed by atoms with van der Waals surface area (Å²) in [6.45, 7) is 0. The molecule has 0 aliphatic rings. The van der Waals surface area contributed by atoms with Crippen LogP contribution in [0.4, 0.5) is 5.69 Å². The molecule has 0 aromatic heterocycles. The zero-order valence-electron chi connectivity index (χ0n) is 16.8. The average Bonchev–Trinajstić information content (AvgIpc) is 2.79. The van der Waals surface area contributed by atoms with Crippen molar-refractivity contribution in [1.82, 2.24) is 0 Å². The number of aliphatic hydroxyl groups excluding tert-OH is 1. The summed E-state index contributed by atoms with van der Waals surface area (Å²) in [6, 6.07) is 30.4. The van der Waals surface area contributed by atoms with Crippen molar-refractivity contribution in [3.05, 3.63) is 107 Å². The van der Waals surface area contributed by atoms with Crippen LogP contribution < -0.4 is 10.1 Å². The number of hydrogen-bond acceptors (Lipinski definition) is 3. The van der Waals surface area contributed by atoms with E-state index in [0.29, 0.717) is 6.42 Å². The minimum absolute atomic E-state index is 0.0482. The highest BCUT2D eigenvalue weighted by atomic mass is 79.9. The van der Waals surface area contributed by atoms with E-state index in [1.54, 1.807) is 7.11 Å². The number of anilines is 1. The van der Waals surface area contributed by atoms with Gasteiger partial charge >= 0.3 is 0 Å². The van der Waals surface area contributed by atoms with Gasteiger partial charge in [0.2, 0.25) is 0 Å². The van der Waals surface area contributed by atoms with Crippen LogP contribution in [-0.2, 0) is 0 Å². The highest BCUT2D eigenvalue weighted by molar-refractivity contribution is 9.10. The molecule has 4 rings (SSSR count). The van der Waals surface area contributed by atoms with Crippen LogP contribution in [0, 0.1) is 0 Å². The number of halogens is 1. The first kappa shape index (κ1) is 20.5. The highest BCUT2D eigenvalue weighted by Gasteiger charge is 2.18. The summed E-state index contributed by atoms with van der Waals surface area (Å²) in [5, 5.41) is 16.9. The monoisotopic (exact) mass is 461 g/mol. The lowest BCUT2D eigenvalue weighted by Crippen LogP contribution is -2.15. The normalized spacial score (nSPS) is 13.0. The molecule has 3 nitrogen and oxygen atoms in total. The number of ether oxygens (including phenoxy) is 1. The van der Waals surface area contributed by atoms with E-state index in [-0.39, 0.29) is 6.04 Å². The van der Waals surface area contributed by atoms with Crippen molar-refractivity contribution in [2.75, 3.05) is 12.4 Å². The molecular weight excluding hydrogens is 438 g/mol. The summed E-state index contributed by atoms with van der Waals surface area (Å²) in [5.41, 5.74) is 3.02. The molecule has 152 valence electrons. The molecule has 0 aliphatic heterocycles. The standard InChI is InChI=1S/C26H24BrNO2/c1-30-24-14-12-23(13-15-24)28-25(19-8-10-22(27)11-9-19)17-26(29)21-7-6-18-4-2-3-5-20(18)16-21/h2-16,25-26,28-29H,17H2,1H3. The molecule has 0 heterocycles. The third kappa shape index (κ3) is 4.84. The Morgan fingerprint density at radius 2 is 1.50 bits per heavy atom. The van der Waals surface area contributed by atoms with E-state index >= 15 is 0 Å². The maximum absolute atomic E-state index is 11.1. The predicted octanol–water partition coefficient (Wildman–Crippen LogP) is 6.89. The summed E-state index contributed by atoms with van der Waals surface area (Å²) in [7, 11) is 1.66. The van der Waals surface area contributed by atoms with Crippen LogP contribution >= 0.6 is 15.9 Å². The molecule has 0 spiro atoms. The quantitative estimate of drug-likeness (QED) is 0.314. The lowest BCUT2D eigenvalue weighted by Gasteiger charge is -2.24. The van der Waals surface area contributed by atoms with Crippen LogP contribution in [0.1, 0.15) is 29.7 Å². The maximum Gasteiger partial charge on any atom is 0.119 e. The summed E-state index contributed by atoms with van der Waals surface area (Å²) in [5.74, 6) is 0.817. The Labute approximate surface area is 185 Å². The summed E-state index contributed by atoms with van der Waals surface area (Å²) in [6.07, 6.45) is -0.0413. The molecule has 0 saturated carbocycles. The van der Waals surface area contributed by atoms with Gasteiger partial charge in [-0.15, -0.1) is 0 Å². The van der Waals surface area contributed by atoms with E-state index in [4.69, 9.17) is 4.74 Å². The van der Waals surface area contributed by atoms with Crippen molar-refractivity contribution in [2.24, 2.45) is 0 Å². The summed E-state index contributed by atoms with van der Waals surface area (Å²) in [4.78, 5) is 0. The molecule has 0 bridgehead atoms. The molecule has 0 radical (unpaired) electrons. The molecule has 0 amide bonds. The molecule has 4 aromatic carbocycles. The number of nitrogens with one attached hydrogen (secondary N) is 1. The lowest BCUT2D eigenvalue weighted by molar-refractivity contribution is 0.161. The van der Waals surface area contributed by atoms with Crippen LogP contribution in [0.5, 0.6) is 5.75 Å². The number of methoxy groups -OCH3 is 1. The van der Waals surface area contributed by atoms with Gasteiger partial charge in [0.25, 0.3) is 0 Å². The van der Waals surface area contributed by atoms with Gasteiger partial charge in [-0.1, -0.05) is 64.5 Å². The van der Waals surface area contributed by atoms with Gasteiger partial charge in [0.1, 0.15) is 5.75 Å². The fraction of sp³-hybridized carbons (Fsp3) is 0.154. The van der Waals surface area contributed by atoms with E-state index in [2.05, 4.69) is 57.6 Å². The van der Waals surface area contributed by atoms with Gasteiger partial charge in [0.05, 0.1) is 19.3 Å². The molecular formula is C26H24BrNO2. The van der Waals surface area contributed by atoms with E-state index in [1.807, 2.05) is 54.6 Å². The number of hydrogen-bond donors (Lipinski definition) is 2. The zero-order valence-corrected chi connectivity index (χ0v) is 18.3. The third-order valence-corrected chi connectivity index (χ3v) is 5.85. The Bertz CT molecular complexity index is 1110. The Balaban J connectivity index is 1.59. The Morgan fingerprint density at radius 1 is 0.833 bits per heavy atom. The van der Waals surface area contributed by atoms with Gasteiger partial charge in [-0.05, 0) is 64.4 Å². The summed E-state index contributed by atoms with van der Waals surface area (Å²) < 4.78 is 6.29. The smallest absolute Gasteiger partial charge is 0.119 e. The van der Waals surface area contributed by atoms with Crippen molar-refractivity contribution in [1.29, 1.82) is 0 Å². The van der Waals surface area contributed by atoms with Crippen LogP contribution in [-0.4, -0.2) is 12.2 Å². The van der Waals surface area contributed by atoms with E-state index < -0.39 is 6.10 Å². The van der Waals surface area contributed by atoms with Gasteiger partial charge in [0.15, 0.2) is 0 Å². The first-order valence-corrected chi connectivity index (χ1v) is 10.7. The minimum atomic E-state index is -0.589. The molecule has 4 aromatic rings. The first-order valence-electron chi connectivity index (χ1n) is 9.95. The van der Waals surface area contributed by atoms with E-state index in [9.17, 15) is 5.11 Å². The first-order chi connectivity index (χ1) is 14.6. The molecule has 2 atom stereocenters. The Hall–Kier alpha value is -2.82. The summed E-state index contributed by atoms with van der Waals surface area (Å²) >= 11 is 3.50. The molecule has 0 saturated heterocycles. The molecule has 2 unspecified atom stereocenters. The van der Waals surface area contributed by atoms with Gasteiger partial charge in [-0.25, -0.2) is 0 Å².